The Balaban J connectivity index is 1.74. The summed E-state index contributed by atoms with van der Waals surface area (Å²) in [5.41, 5.74) is 2.12. The normalized spacial score (nSPS) is 23.2. The lowest BCUT2D eigenvalue weighted by Crippen LogP contribution is -2.22. The zero-order valence-electron chi connectivity index (χ0n) is 13.1. The molecule has 1 heterocycles. The van der Waals surface area contributed by atoms with Gasteiger partial charge in [-0.05, 0) is 37.6 Å². The Hall–Kier alpha value is -0.540. The third kappa shape index (κ3) is 3.98. The third-order valence-electron chi connectivity index (χ3n) is 4.57. The monoisotopic (exact) mass is 297 g/mol. The number of hydrogen-bond donors (Lipinski definition) is 1. The first-order valence-corrected chi connectivity index (χ1v) is 8.40. The molecule has 0 amide bonds. The summed E-state index contributed by atoms with van der Waals surface area (Å²) in [6, 6.07) is 0. The molecule has 0 aliphatic heterocycles. The highest BCUT2D eigenvalue weighted by Crippen LogP contribution is 2.30. The Labute approximate surface area is 128 Å². The first-order valence-electron chi connectivity index (χ1n) is 8.02. The van der Waals surface area contributed by atoms with Gasteiger partial charge in [0.05, 0.1) is 16.4 Å². The van der Waals surface area contributed by atoms with Crippen LogP contribution in [0.25, 0.3) is 0 Å². The highest BCUT2D eigenvalue weighted by molar-refractivity contribution is 6.31. The van der Waals surface area contributed by atoms with Gasteiger partial charge in [-0.3, -0.25) is 4.68 Å². The third-order valence-corrected chi connectivity index (χ3v) is 5.01. The van der Waals surface area contributed by atoms with E-state index in [4.69, 9.17) is 11.6 Å². The van der Waals surface area contributed by atoms with E-state index in [0.717, 1.165) is 47.8 Å². The standard InChI is InChI=1S/C16H28ClN3/c1-4-14-16(17)15(20(3)19-14)11-18-9-8-13-7-5-6-12(2)10-13/h12-13,18H,4-11H2,1-3H3. The molecular weight excluding hydrogens is 270 g/mol. The molecule has 20 heavy (non-hydrogen) atoms. The van der Waals surface area contributed by atoms with Gasteiger partial charge in [0.15, 0.2) is 0 Å². The zero-order valence-corrected chi connectivity index (χ0v) is 13.8. The van der Waals surface area contributed by atoms with Gasteiger partial charge < -0.3 is 5.32 Å². The highest BCUT2D eigenvalue weighted by atomic mass is 35.5. The smallest absolute Gasteiger partial charge is 0.0863 e. The van der Waals surface area contributed by atoms with Gasteiger partial charge in [-0.25, -0.2) is 0 Å². The largest absolute Gasteiger partial charge is 0.311 e. The number of aryl methyl sites for hydroxylation is 2. The Morgan fingerprint density at radius 2 is 2.20 bits per heavy atom. The predicted molar refractivity (Wildman–Crippen MR) is 85.0 cm³/mol. The van der Waals surface area contributed by atoms with E-state index < -0.39 is 0 Å². The lowest BCUT2D eigenvalue weighted by atomic mass is 9.81. The van der Waals surface area contributed by atoms with Crippen LogP contribution in [-0.2, 0) is 20.0 Å². The van der Waals surface area contributed by atoms with Crippen molar-refractivity contribution in [3.8, 4) is 0 Å². The maximum Gasteiger partial charge on any atom is 0.0863 e. The molecule has 1 saturated carbocycles. The Kier molecular flexibility index (Phi) is 5.91. The molecule has 114 valence electrons. The van der Waals surface area contributed by atoms with Gasteiger partial charge in [0.25, 0.3) is 0 Å². The van der Waals surface area contributed by atoms with E-state index in [-0.39, 0.29) is 0 Å². The molecule has 4 heteroatoms. The number of aromatic nitrogens is 2. The van der Waals surface area contributed by atoms with Gasteiger partial charge in [-0.1, -0.05) is 44.7 Å². The van der Waals surface area contributed by atoms with E-state index in [2.05, 4.69) is 24.3 Å². The van der Waals surface area contributed by atoms with E-state index in [1.165, 1.54) is 32.1 Å². The van der Waals surface area contributed by atoms with Crippen LogP contribution in [0.4, 0.5) is 0 Å². The van der Waals surface area contributed by atoms with Gasteiger partial charge in [0.2, 0.25) is 0 Å². The lowest BCUT2D eigenvalue weighted by Gasteiger charge is -2.26. The summed E-state index contributed by atoms with van der Waals surface area (Å²) in [6.45, 7) is 6.39. The van der Waals surface area contributed by atoms with Crippen LogP contribution in [0.2, 0.25) is 5.02 Å². The molecule has 0 aromatic carbocycles. The zero-order chi connectivity index (χ0) is 14.5. The van der Waals surface area contributed by atoms with Gasteiger partial charge in [-0.2, -0.15) is 5.10 Å². The molecule has 3 nitrogen and oxygen atoms in total. The fourth-order valence-electron chi connectivity index (χ4n) is 3.35. The number of rotatable bonds is 6. The summed E-state index contributed by atoms with van der Waals surface area (Å²) < 4.78 is 1.91. The van der Waals surface area contributed by atoms with Crippen LogP contribution in [-0.4, -0.2) is 16.3 Å². The first-order chi connectivity index (χ1) is 9.61. The van der Waals surface area contributed by atoms with Crippen molar-refractivity contribution in [1.82, 2.24) is 15.1 Å². The molecule has 2 rings (SSSR count). The van der Waals surface area contributed by atoms with Crippen LogP contribution in [0.3, 0.4) is 0 Å². The molecule has 2 unspecified atom stereocenters. The maximum atomic E-state index is 6.35. The van der Waals surface area contributed by atoms with Gasteiger partial charge >= 0.3 is 0 Å². The average molecular weight is 298 g/mol. The van der Waals surface area contributed by atoms with Crippen molar-refractivity contribution in [3.05, 3.63) is 16.4 Å². The first kappa shape index (κ1) is 15.8. The van der Waals surface area contributed by atoms with Crippen molar-refractivity contribution < 1.29 is 0 Å². The van der Waals surface area contributed by atoms with E-state index in [1.54, 1.807) is 0 Å². The number of nitrogens with zero attached hydrogens (tertiary/aromatic N) is 2. The Morgan fingerprint density at radius 1 is 1.40 bits per heavy atom. The molecule has 0 radical (unpaired) electrons. The van der Waals surface area contributed by atoms with Crippen LogP contribution in [0.1, 0.15) is 57.3 Å². The summed E-state index contributed by atoms with van der Waals surface area (Å²) in [4.78, 5) is 0. The van der Waals surface area contributed by atoms with Crippen molar-refractivity contribution in [2.75, 3.05) is 6.54 Å². The van der Waals surface area contributed by atoms with E-state index in [1.807, 2.05) is 11.7 Å². The van der Waals surface area contributed by atoms with Crippen LogP contribution < -0.4 is 5.32 Å². The molecular formula is C16H28ClN3. The van der Waals surface area contributed by atoms with E-state index in [0.29, 0.717) is 0 Å². The summed E-state index contributed by atoms with van der Waals surface area (Å²) >= 11 is 6.35. The summed E-state index contributed by atoms with van der Waals surface area (Å²) in [7, 11) is 1.98. The second-order valence-corrected chi connectivity index (χ2v) is 6.67. The fraction of sp³-hybridized carbons (Fsp3) is 0.812. The molecule has 1 aliphatic carbocycles. The van der Waals surface area contributed by atoms with Crippen LogP contribution >= 0.6 is 11.6 Å². The SMILES string of the molecule is CCc1nn(C)c(CNCCC2CCCC(C)C2)c1Cl. The predicted octanol–water partition coefficient (Wildman–Crippen LogP) is 3.94. The Morgan fingerprint density at radius 3 is 2.85 bits per heavy atom. The van der Waals surface area contributed by atoms with E-state index in [9.17, 15) is 0 Å². The van der Waals surface area contributed by atoms with Crippen LogP contribution in [0.15, 0.2) is 0 Å². The van der Waals surface area contributed by atoms with Crippen molar-refractivity contribution in [3.63, 3.8) is 0 Å². The van der Waals surface area contributed by atoms with Gasteiger partial charge in [0, 0.05) is 13.6 Å². The molecule has 1 aromatic rings. The molecule has 2 atom stereocenters. The lowest BCUT2D eigenvalue weighted by molar-refractivity contribution is 0.267. The molecule has 0 saturated heterocycles. The highest BCUT2D eigenvalue weighted by Gasteiger charge is 2.18. The Bertz CT molecular complexity index is 428. The van der Waals surface area contributed by atoms with Crippen molar-refractivity contribution in [2.45, 2.75) is 58.9 Å². The minimum absolute atomic E-state index is 0.824. The van der Waals surface area contributed by atoms with Crippen molar-refractivity contribution in [1.29, 1.82) is 0 Å². The molecule has 1 aliphatic rings. The minimum atomic E-state index is 0.824. The minimum Gasteiger partial charge on any atom is -0.311 e. The van der Waals surface area contributed by atoms with E-state index >= 15 is 0 Å². The summed E-state index contributed by atoms with van der Waals surface area (Å²) in [6.07, 6.45) is 7.85. The molecule has 1 aromatic heterocycles. The topological polar surface area (TPSA) is 29.9 Å². The molecule has 1 fully saturated rings. The second-order valence-electron chi connectivity index (χ2n) is 6.29. The van der Waals surface area contributed by atoms with Crippen LogP contribution in [0.5, 0.6) is 0 Å². The summed E-state index contributed by atoms with van der Waals surface area (Å²) in [5.74, 6) is 1.84. The van der Waals surface area contributed by atoms with Crippen molar-refractivity contribution in [2.24, 2.45) is 18.9 Å². The number of hydrogen-bond acceptors (Lipinski definition) is 2. The van der Waals surface area contributed by atoms with Crippen molar-refractivity contribution >= 4 is 11.6 Å². The molecule has 0 spiro atoms. The molecule has 0 bridgehead atoms. The maximum absolute atomic E-state index is 6.35. The quantitative estimate of drug-likeness (QED) is 0.806. The number of halogens is 1. The van der Waals surface area contributed by atoms with Gasteiger partial charge in [-0.15, -0.1) is 0 Å². The number of nitrogens with one attached hydrogen (secondary N) is 1. The second kappa shape index (κ2) is 7.46. The van der Waals surface area contributed by atoms with Gasteiger partial charge in [0.1, 0.15) is 0 Å². The summed E-state index contributed by atoms with van der Waals surface area (Å²) in [5, 5.41) is 8.83. The average Bonchev–Trinajstić information content (AvgIpc) is 2.70. The molecule has 1 N–H and O–H groups in total. The fourth-order valence-corrected chi connectivity index (χ4v) is 3.71. The van der Waals surface area contributed by atoms with Crippen LogP contribution in [0, 0.1) is 11.8 Å².